The lowest BCUT2D eigenvalue weighted by Gasteiger charge is -2.26. The fraction of sp³-hybridized carbons (Fsp3) is 0.632. The SMILES string of the molecule is CN=C(NCCN1CCCCC1)NCc1ccc(OC)c(OC)c1OC.I. The van der Waals surface area contributed by atoms with Crippen molar-refractivity contribution in [2.75, 3.05) is 54.6 Å². The van der Waals surface area contributed by atoms with E-state index in [1.807, 2.05) is 12.1 Å². The minimum atomic E-state index is 0. The standard InChI is InChI=1S/C19H32N4O3.HI/c1-20-19(21-10-13-23-11-6-5-7-12-23)22-14-15-8-9-16(24-2)18(26-4)17(15)25-3;/h8-9H,5-7,10-14H2,1-4H3,(H2,20,21,22);1H. The van der Waals surface area contributed by atoms with E-state index in [1.165, 1.54) is 32.4 Å². The molecule has 8 heteroatoms. The Labute approximate surface area is 179 Å². The second-order valence-electron chi connectivity index (χ2n) is 6.25. The van der Waals surface area contributed by atoms with Gasteiger partial charge in [0.1, 0.15) is 0 Å². The van der Waals surface area contributed by atoms with Crippen LogP contribution in [0.25, 0.3) is 0 Å². The summed E-state index contributed by atoms with van der Waals surface area (Å²) in [6, 6.07) is 3.85. The lowest BCUT2D eigenvalue weighted by atomic mass is 10.1. The van der Waals surface area contributed by atoms with Crippen molar-refractivity contribution in [1.82, 2.24) is 15.5 Å². The summed E-state index contributed by atoms with van der Waals surface area (Å²) in [5.41, 5.74) is 0.976. The molecule has 0 unspecified atom stereocenters. The molecule has 1 saturated heterocycles. The predicted molar refractivity (Wildman–Crippen MR) is 120 cm³/mol. The number of hydrogen-bond acceptors (Lipinski definition) is 5. The van der Waals surface area contributed by atoms with Gasteiger partial charge in [0.2, 0.25) is 5.75 Å². The maximum Gasteiger partial charge on any atom is 0.203 e. The van der Waals surface area contributed by atoms with Crippen molar-refractivity contribution < 1.29 is 14.2 Å². The van der Waals surface area contributed by atoms with E-state index >= 15 is 0 Å². The summed E-state index contributed by atoms with van der Waals surface area (Å²) in [6.45, 7) is 4.91. The second-order valence-corrected chi connectivity index (χ2v) is 6.25. The van der Waals surface area contributed by atoms with Gasteiger partial charge >= 0.3 is 0 Å². The molecule has 154 valence electrons. The third kappa shape index (κ3) is 6.91. The fourth-order valence-corrected chi connectivity index (χ4v) is 3.22. The Balaban J connectivity index is 0.00000364. The molecule has 0 saturated carbocycles. The van der Waals surface area contributed by atoms with Crippen LogP contribution in [0.3, 0.4) is 0 Å². The van der Waals surface area contributed by atoms with Crippen molar-refractivity contribution in [2.45, 2.75) is 25.8 Å². The van der Waals surface area contributed by atoms with Gasteiger partial charge in [-0.15, -0.1) is 24.0 Å². The van der Waals surface area contributed by atoms with Crippen LogP contribution >= 0.6 is 24.0 Å². The van der Waals surface area contributed by atoms with Crippen LogP contribution in [-0.4, -0.2) is 65.4 Å². The number of methoxy groups -OCH3 is 3. The van der Waals surface area contributed by atoms with Crippen molar-refractivity contribution in [2.24, 2.45) is 4.99 Å². The first-order valence-corrected chi connectivity index (χ1v) is 9.18. The number of benzene rings is 1. The van der Waals surface area contributed by atoms with Crippen molar-refractivity contribution in [3.8, 4) is 17.2 Å². The van der Waals surface area contributed by atoms with E-state index in [1.54, 1.807) is 28.4 Å². The fourth-order valence-electron chi connectivity index (χ4n) is 3.22. The number of ether oxygens (including phenoxy) is 3. The molecule has 0 aromatic heterocycles. The largest absolute Gasteiger partial charge is 0.493 e. The zero-order chi connectivity index (χ0) is 18.8. The molecule has 1 heterocycles. The van der Waals surface area contributed by atoms with Gasteiger partial charge < -0.3 is 29.7 Å². The van der Waals surface area contributed by atoms with E-state index in [2.05, 4.69) is 20.5 Å². The molecule has 27 heavy (non-hydrogen) atoms. The minimum Gasteiger partial charge on any atom is -0.493 e. The molecule has 0 amide bonds. The first-order valence-electron chi connectivity index (χ1n) is 9.18. The Morgan fingerprint density at radius 1 is 1.00 bits per heavy atom. The molecule has 1 aliphatic heterocycles. The molecule has 1 aliphatic rings. The molecule has 1 aromatic rings. The van der Waals surface area contributed by atoms with Gasteiger partial charge in [-0.05, 0) is 38.1 Å². The number of piperidine rings is 1. The van der Waals surface area contributed by atoms with Crippen LogP contribution in [0.2, 0.25) is 0 Å². The van der Waals surface area contributed by atoms with Crippen LogP contribution < -0.4 is 24.8 Å². The summed E-state index contributed by atoms with van der Waals surface area (Å²) in [5, 5.41) is 6.71. The van der Waals surface area contributed by atoms with E-state index in [-0.39, 0.29) is 24.0 Å². The van der Waals surface area contributed by atoms with Gasteiger partial charge in [0.05, 0.1) is 21.3 Å². The predicted octanol–water partition coefficient (Wildman–Crippen LogP) is 2.48. The average Bonchev–Trinajstić information content (AvgIpc) is 2.70. The molecule has 0 aliphatic carbocycles. The van der Waals surface area contributed by atoms with Crippen molar-refractivity contribution in [3.63, 3.8) is 0 Å². The number of guanidine groups is 1. The zero-order valence-corrected chi connectivity index (χ0v) is 19.2. The van der Waals surface area contributed by atoms with Crippen LogP contribution in [0.4, 0.5) is 0 Å². The van der Waals surface area contributed by atoms with E-state index in [0.717, 1.165) is 24.6 Å². The smallest absolute Gasteiger partial charge is 0.203 e. The maximum absolute atomic E-state index is 5.52. The normalized spacial score (nSPS) is 14.9. The highest BCUT2D eigenvalue weighted by molar-refractivity contribution is 14.0. The minimum absolute atomic E-state index is 0. The molecular weight excluding hydrogens is 459 g/mol. The molecule has 0 bridgehead atoms. The lowest BCUT2D eigenvalue weighted by Crippen LogP contribution is -2.42. The first kappa shape index (κ1) is 23.6. The Morgan fingerprint density at radius 3 is 2.30 bits per heavy atom. The number of nitrogens with zero attached hydrogens (tertiary/aromatic N) is 2. The number of likely N-dealkylation sites (tertiary alicyclic amines) is 1. The lowest BCUT2D eigenvalue weighted by molar-refractivity contribution is 0.232. The Hall–Kier alpha value is -1.42. The topological polar surface area (TPSA) is 67.4 Å². The summed E-state index contributed by atoms with van der Waals surface area (Å²) in [4.78, 5) is 6.80. The van der Waals surface area contributed by atoms with Gasteiger partial charge in [-0.1, -0.05) is 6.42 Å². The van der Waals surface area contributed by atoms with Crippen LogP contribution in [0.1, 0.15) is 24.8 Å². The molecule has 7 nitrogen and oxygen atoms in total. The van der Waals surface area contributed by atoms with Crippen molar-refractivity contribution in [3.05, 3.63) is 17.7 Å². The summed E-state index contributed by atoms with van der Waals surface area (Å²) < 4.78 is 16.3. The number of nitrogens with one attached hydrogen (secondary N) is 2. The highest BCUT2D eigenvalue weighted by atomic mass is 127. The Bertz CT molecular complexity index is 593. The van der Waals surface area contributed by atoms with Gasteiger partial charge in [-0.2, -0.15) is 0 Å². The maximum atomic E-state index is 5.52. The molecule has 2 rings (SSSR count). The third-order valence-electron chi connectivity index (χ3n) is 4.62. The third-order valence-corrected chi connectivity index (χ3v) is 4.62. The average molecular weight is 492 g/mol. The van der Waals surface area contributed by atoms with E-state index < -0.39 is 0 Å². The number of hydrogen-bond donors (Lipinski definition) is 2. The van der Waals surface area contributed by atoms with E-state index in [4.69, 9.17) is 14.2 Å². The number of halogens is 1. The van der Waals surface area contributed by atoms with Gasteiger partial charge in [-0.25, -0.2) is 0 Å². The molecular formula is C19H33IN4O3. The summed E-state index contributed by atoms with van der Waals surface area (Å²) in [6.07, 6.45) is 3.98. The first-order chi connectivity index (χ1) is 12.7. The summed E-state index contributed by atoms with van der Waals surface area (Å²) in [5.74, 6) is 2.70. The molecule has 2 N–H and O–H groups in total. The van der Waals surface area contributed by atoms with Crippen LogP contribution in [0.15, 0.2) is 17.1 Å². The van der Waals surface area contributed by atoms with Crippen LogP contribution in [0, 0.1) is 0 Å². The molecule has 1 fully saturated rings. The number of aliphatic imine (C=N–C) groups is 1. The second kappa shape index (κ2) is 12.9. The van der Waals surface area contributed by atoms with Gasteiger partial charge in [0, 0.05) is 32.2 Å². The summed E-state index contributed by atoms with van der Waals surface area (Å²) in [7, 11) is 6.64. The van der Waals surface area contributed by atoms with Gasteiger partial charge in [0.25, 0.3) is 0 Å². The Kier molecular flexibility index (Phi) is 11.3. The highest BCUT2D eigenvalue weighted by Gasteiger charge is 2.16. The van der Waals surface area contributed by atoms with Crippen LogP contribution in [0.5, 0.6) is 17.2 Å². The Morgan fingerprint density at radius 2 is 1.70 bits per heavy atom. The zero-order valence-electron chi connectivity index (χ0n) is 16.8. The summed E-state index contributed by atoms with van der Waals surface area (Å²) >= 11 is 0. The molecule has 1 aromatic carbocycles. The highest BCUT2D eigenvalue weighted by Crippen LogP contribution is 2.39. The van der Waals surface area contributed by atoms with E-state index in [9.17, 15) is 0 Å². The molecule has 0 radical (unpaired) electrons. The van der Waals surface area contributed by atoms with Gasteiger partial charge in [-0.3, -0.25) is 4.99 Å². The molecule has 0 atom stereocenters. The quantitative estimate of drug-likeness (QED) is 0.330. The monoisotopic (exact) mass is 492 g/mol. The van der Waals surface area contributed by atoms with Crippen LogP contribution in [-0.2, 0) is 6.54 Å². The number of rotatable bonds is 8. The molecule has 0 spiro atoms. The van der Waals surface area contributed by atoms with Crippen molar-refractivity contribution in [1.29, 1.82) is 0 Å². The van der Waals surface area contributed by atoms with Crippen molar-refractivity contribution >= 4 is 29.9 Å². The van der Waals surface area contributed by atoms with E-state index in [0.29, 0.717) is 23.8 Å². The van der Waals surface area contributed by atoms with Gasteiger partial charge in [0.15, 0.2) is 17.5 Å².